The van der Waals surface area contributed by atoms with Gasteiger partial charge in [0.15, 0.2) is 0 Å². The topological polar surface area (TPSA) is 53.6 Å². The summed E-state index contributed by atoms with van der Waals surface area (Å²) in [4.78, 5) is 14.0. The molecule has 2 unspecified atom stereocenters. The van der Waals surface area contributed by atoms with E-state index in [0.29, 0.717) is 12.6 Å². The number of carbonyl (C=O) groups is 1. The first-order valence-electron chi connectivity index (χ1n) is 7.17. The average molecular weight is 255 g/mol. The number of amides is 2. The van der Waals surface area contributed by atoms with Crippen molar-refractivity contribution in [3.8, 4) is 0 Å². The van der Waals surface area contributed by atoms with Crippen LogP contribution in [-0.4, -0.2) is 55.9 Å². The van der Waals surface area contributed by atoms with E-state index in [1.54, 1.807) is 0 Å². The van der Waals surface area contributed by atoms with E-state index >= 15 is 0 Å². The van der Waals surface area contributed by atoms with E-state index < -0.39 is 0 Å². The van der Waals surface area contributed by atoms with Gasteiger partial charge >= 0.3 is 6.03 Å². The normalized spacial score (nSPS) is 27.8. The summed E-state index contributed by atoms with van der Waals surface area (Å²) in [5, 5.41) is 5.74. The van der Waals surface area contributed by atoms with E-state index in [9.17, 15) is 4.79 Å². The third-order valence-corrected chi connectivity index (χ3v) is 3.77. The Morgan fingerprint density at radius 2 is 2.33 bits per heavy atom. The molecule has 2 rings (SSSR count). The van der Waals surface area contributed by atoms with Crippen molar-refractivity contribution in [1.29, 1.82) is 0 Å². The predicted octanol–water partition coefficient (Wildman–Crippen LogP) is 0.949. The van der Waals surface area contributed by atoms with Gasteiger partial charge in [0.2, 0.25) is 0 Å². The molecule has 0 bridgehead atoms. The van der Waals surface area contributed by atoms with Crippen LogP contribution in [-0.2, 0) is 4.74 Å². The fraction of sp³-hybridized carbons (Fsp3) is 0.923. The van der Waals surface area contributed by atoms with Gasteiger partial charge in [0, 0.05) is 25.7 Å². The van der Waals surface area contributed by atoms with Crippen molar-refractivity contribution < 1.29 is 9.53 Å². The lowest BCUT2D eigenvalue weighted by molar-refractivity contribution is -0.0457. The zero-order chi connectivity index (χ0) is 12.8. The molecule has 0 spiro atoms. The largest absolute Gasteiger partial charge is 0.373 e. The molecule has 18 heavy (non-hydrogen) atoms. The third-order valence-electron chi connectivity index (χ3n) is 3.77. The number of rotatable bonds is 5. The quantitative estimate of drug-likeness (QED) is 0.719. The molecular weight excluding hydrogens is 230 g/mol. The smallest absolute Gasteiger partial charge is 0.314 e. The fourth-order valence-electron chi connectivity index (χ4n) is 2.66. The van der Waals surface area contributed by atoms with E-state index in [1.807, 2.05) is 0 Å². The highest BCUT2D eigenvalue weighted by Crippen LogP contribution is 2.22. The summed E-state index contributed by atoms with van der Waals surface area (Å²) >= 11 is 0. The summed E-state index contributed by atoms with van der Waals surface area (Å²) < 4.78 is 5.78. The van der Waals surface area contributed by atoms with Crippen LogP contribution in [0.1, 0.15) is 32.6 Å². The molecule has 2 amide bonds. The van der Waals surface area contributed by atoms with E-state index in [0.717, 1.165) is 32.5 Å². The van der Waals surface area contributed by atoms with Crippen LogP contribution in [0.4, 0.5) is 4.79 Å². The van der Waals surface area contributed by atoms with Crippen LogP contribution in [0.25, 0.3) is 0 Å². The predicted molar refractivity (Wildman–Crippen MR) is 70.6 cm³/mol. The zero-order valence-corrected chi connectivity index (χ0v) is 11.3. The van der Waals surface area contributed by atoms with Gasteiger partial charge in [-0.2, -0.15) is 0 Å². The minimum absolute atomic E-state index is 0.0735. The lowest BCUT2D eigenvalue weighted by Gasteiger charge is -2.35. The van der Waals surface area contributed by atoms with E-state index in [4.69, 9.17) is 4.74 Å². The maximum atomic E-state index is 11.5. The number of unbranched alkanes of at least 4 members (excludes halogenated alkanes) is 1. The number of fused-ring (bicyclic) bond motifs is 1. The standard InChI is InChI=1S/C13H25N3O2/c1-2-3-6-14-13(17)15-8-12-9-16-7-4-5-11(16)10-18-12/h11-12H,2-10H2,1H3,(H2,14,15,17). The molecule has 2 fully saturated rings. The van der Waals surface area contributed by atoms with Crippen molar-refractivity contribution in [3.05, 3.63) is 0 Å². The SMILES string of the molecule is CCCCNC(=O)NCC1CN2CCCC2CO1. The van der Waals surface area contributed by atoms with Crippen LogP contribution in [0.2, 0.25) is 0 Å². The first-order valence-corrected chi connectivity index (χ1v) is 7.17. The number of carbonyl (C=O) groups excluding carboxylic acids is 1. The number of nitrogens with one attached hydrogen (secondary N) is 2. The maximum absolute atomic E-state index is 11.5. The van der Waals surface area contributed by atoms with Crippen molar-refractivity contribution in [2.45, 2.75) is 44.8 Å². The van der Waals surface area contributed by atoms with Gasteiger partial charge < -0.3 is 15.4 Å². The van der Waals surface area contributed by atoms with Crippen molar-refractivity contribution >= 4 is 6.03 Å². The second-order valence-corrected chi connectivity index (χ2v) is 5.24. The van der Waals surface area contributed by atoms with Crippen LogP contribution in [0, 0.1) is 0 Å². The number of urea groups is 1. The highest BCUT2D eigenvalue weighted by molar-refractivity contribution is 5.73. The zero-order valence-electron chi connectivity index (χ0n) is 11.3. The molecule has 0 aromatic heterocycles. The summed E-state index contributed by atoms with van der Waals surface area (Å²) in [6.07, 6.45) is 4.82. The summed E-state index contributed by atoms with van der Waals surface area (Å²) in [6.45, 7) is 6.45. The first-order chi connectivity index (χ1) is 8.79. The Hall–Kier alpha value is -0.810. The lowest BCUT2D eigenvalue weighted by atomic mass is 10.2. The number of nitrogens with zero attached hydrogens (tertiary/aromatic N) is 1. The fourth-order valence-corrected chi connectivity index (χ4v) is 2.66. The van der Waals surface area contributed by atoms with E-state index in [1.165, 1.54) is 19.4 Å². The highest BCUT2D eigenvalue weighted by atomic mass is 16.5. The highest BCUT2D eigenvalue weighted by Gasteiger charge is 2.32. The van der Waals surface area contributed by atoms with Crippen molar-refractivity contribution in [1.82, 2.24) is 15.5 Å². The number of morpholine rings is 1. The minimum Gasteiger partial charge on any atom is -0.373 e. The molecule has 104 valence electrons. The lowest BCUT2D eigenvalue weighted by Crippen LogP contribution is -2.51. The van der Waals surface area contributed by atoms with Crippen LogP contribution in [0.15, 0.2) is 0 Å². The number of hydrogen-bond donors (Lipinski definition) is 2. The summed E-state index contributed by atoms with van der Waals surface area (Å²) in [7, 11) is 0. The van der Waals surface area contributed by atoms with Crippen LogP contribution < -0.4 is 10.6 Å². The molecule has 2 N–H and O–H groups in total. The number of hydrogen-bond acceptors (Lipinski definition) is 3. The molecule has 0 radical (unpaired) electrons. The molecule has 2 saturated heterocycles. The minimum atomic E-state index is -0.0735. The second-order valence-electron chi connectivity index (χ2n) is 5.24. The average Bonchev–Trinajstić information content (AvgIpc) is 2.84. The summed E-state index contributed by atoms with van der Waals surface area (Å²) in [6, 6.07) is 0.551. The Kier molecular flexibility index (Phi) is 5.26. The molecule has 2 aliphatic rings. The van der Waals surface area contributed by atoms with E-state index in [-0.39, 0.29) is 12.1 Å². The molecule has 5 heteroatoms. The van der Waals surface area contributed by atoms with Gasteiger partial charge in [0.25, 0.3) is 0 Å². The molecule has 2 heterocycles. The Morgan fingerprint density at radius 3 is 3.17 bits per heavy atom. The number of ether oxygens (including phenoxy) is 1. The van der Waals surface area contributed by atoms with E-state index in [2.05, 4.69) is 22.5 Å². The Labute approximate surface area is 109 Å². The first kappa shape index (κ1) is 13.6. The third kappa shape index (κ3) is 3.85. The van der Waals surface area contributed by atoms with Crippen molar-refractivity contribution in [3.63, 3.8) is 0 Å². The Bertz CT molecular complexity index is 273. The van der Waals surface area contributed by atoms with Crippen molar-refractivity contribution in [2.75, 3.05) is 32.8 Å². The van der Waals surface area contributed by atoms with Crippen LogP contribution in [0.3, 0.4) is 0 Å². The van der Waals surface area contributed by atoms with Crippen LogP contribution >= 0.6 is 0 Å². The molecular formula is C13H25N3O2. The van der Waals surface area contributed by atoms with Gasteiger partial charge in [0.05, 0.1) is 12.7 Å². The molecule has 5 nitrogen and oxygen atoms in total. The van der Waals surface area contributed by atoms with Gasteiger partial charge in [-0.3, -0.25) is 4.90 Å². The van der Waals surface area contributed by atoms with Crippen molar-refractivity contribution in [2.24, 2.45) is 0 Å². The molecule has 0 aromatic rings. The molecule has 0 aliphatic carbocycles. The maximum Gasteiger partial charge on any atom is 0.314 e. The second kappa shape index (κ2) is 6.95. The summed E-state index contributed by atoms with van der Waals surface area (Å²) in [5.74, 6) is 0. The van der Waals surface area contributed by atoms with Gasteiger partial charge in [-0.1, -0.05) is 13.3 Å². The molecule has 2 aliphatic heterocycles. The van der Waals surface area contributed by atoms with Gasteiger partial charge in [-0.15, -0.1) is 0 Å². The van der Waals surface area contributed by atoms with Crippen LogP contribution in [0.5, 0.6) is 0 Å². The van der Waals surface area contributed by atoms with Gasteiger partial charge in [-0.25, -0.2) is 4.79 Å². The Balaban J connectivity index is 1.60. The summed E-state index contributed by atoms with van der Waals surface area (Å²) in [5.41, 5.74) is 0. The van der Waals surface area contributed by atoms with Gasteiger partial charge in [-0.05, 0) is 25.8 Å². The molecule has 0 aromatic carbocycles. The molecule has 2 atom stereocenters. The Morgan fingerprint density at radius 1 is 1.44 bits per heavy atom. The molecule has 0 saturated carbocycles. The monoisotopic (exact) mass is 255 g/mol. The van der Waals surface area contributed by atoms with Gasteiger partial charge in [0.1, 0.15) is 0 Å².